The van der Waals surface area contributed by atoms with Crippen LogP contribution < -0.4 is 20.7 Å². The largest absolute Gasteiger partial charge is 0.433 e. The third kappa shape index (κ3) is 9.78. The molecule has 0 aliphatic carbocycles. The van der Waals surface area contributed by atoms with E-state index in [1.165, 1.54) is 38.6 Å². The van der Waals surface area contributed by atoms with Crippen LogP contribution in [0, 0.1) is 11.8 Å². The number of fused-ring (bicyclic) bond motifs is 1. The lowest BCUT2D eigenvalue weighted by Gasteiger charge is -2.36. The number of nitrogens with zero attached hydrogens (tertiary/aromatic N) is 1. The van der Waals surface area contributed by atoms with Gasteiger partial charge in [-0.25, -0.2) is 4.39 Å². The molecule has 2 heterocycles. The topological polar surface area (TPSA) is 83.1 Å². The van der Waals surface area contributed by atoms with E-state index in [9.17, 15) is 31.6 Å². The van der Waals surface area contributed by atoms with Crippen molar-refractivity contribution in [1.82, 2.24) is 4.90 Å². The number of aliphatic hydroxyl groups excluding tert-OH is 1. The average Bonchev–Trinajstić information content (AvgIpc) is 3.29. The number of halogens is 6. The Hall–Kier alpha value is -2.95. The van der Waals surface area contributed by atoms with Gasteiger partial charge >= 0.3 is 12.8 Å². The van der Waals surface area contributed by atoms with E-state index in [4.69, 9.17) is 4.74 Å². The number of hydrogen-bond donors (Lipinski definition) is 3. The van der Waals surface area contributed by atoms with Gasteiger partial charge in [0.1, 0.15) is 19.1 Å². The highest BCUT2D eigenvalue weighted by Gasteiger charge is 2.33. The summed E-state index contributed by atoms with van der Waals surface area (Å²) in [6, 6.07) is 8.51. The molecule has 3 unspecified atom stereocenters. The summed E-state index contributed by atoms with van der Waals surface area (Å²) in [6.07, 6.45) is -7.34. The lowest BCUT2D eigenvalue weighted by molar-refractivity contribution is -0.127. The van der Waals surface area contributed by atoms with Crippen molar-refractivity contribution in [2.75, 3.05) is 63.9 Å². The normalized spacial score (nSPS) is 18.3. The Labute approximate surface area is 267 Å². The van der Waals surface area contributed by atoms with Gasteiger partial charge in [-0.3, -0.25) is 4.90 Å². The van der Waals surface area contributed by atoms with E-state index < -0.39 is 44.7 Å². The van der Waals surface area contributed by atoms with Crippen molar-refractivity contribution in [2.24, 2.45) is 0 Å². The van der Waals surface area contributed by atoms with Crippen molar-refractivity contribution in [3.63, 3.8) is 0 Å². The van der Waals surface area contributed by atoms with E-state index in [1.807, 2.05) is 4.90 Å². The third-order valence-corrected chi connectivity index (χ3v) is 10.1. The van der Waals surface area contributed by atoms with Crippen LogP contribution in [0.1, 0.15) is 16.9 Å². The monoisotopic (exact) mass is 691 g/mol. The molecule has 252 valence electrons. The van der Waals surface area contributed by atoms with Crippen LogP contribution in [0.15, 0.2) is 36.4 Å². The van der Waals surface area contributed by atoms with E-state index in [2.05, 4.69) is 27.2 Å². The molecule has 3 atom stereocenters. The van der Waals surface area contributed by atoms with Gasteiger partial charge in [-0.1, -0.05) is 24.0 Å². The van der Waals surface area contributed by atoms with Crippen LogP contribution in [-0.4, -0.2) is 94.3 Å². The van der Waals surface area contributed by atoms with Gasteiger partial charge in [-0.15, -0.1) is 11.3 Å². The first kappa shape index (κ1) is 35.9. The first-order valence-corrected chi connectivity index (χ1v) is 17.8. The zero-order valence-electron chi connectivity index (χ0n) is 25.5. The summed E-state index contributed by atoms with van der Waals surface area (Å²) < 4.78 is 105. The molecule has 4 rings (SSSR count). The van der Waals surface area contributed by atoms with E-state index in [-0.39, 0.29) is 48.1 Å². The van der Waals surface area contributed by atoms with Crippen LogP contribution >= 0.6 is 18.5 Å². The minimum atomic E-state index is -4.52. The maximum Gasteiger partial charge on any atom is 0.393 e. The molecule has 3 N–H and O–H groups in total. The van der Waals surface area contributed by atoms with Gasteiger partial charge in [0, 0.05) is 32.0 Å². The van der Waals surface area contributed by atoms with Crippen molar-refractivity contribution >= 4 is 45.2 Å². The number of methoxy groups -OCH3 is 1. The highest BCUT2D eigenvalue weighted by Crippen LogP contribution is 2.40. The number of thiophene rings is 1. The molecular formula is C31H36F6N3O4PS. The van der Waals surface area contributed by atoms with Gasteiger partial charge in [-0.05, 0) is 55.0 Å². The zero-order valence-corrected chi connectivity index (χ0v) is 27.2. The smallest absolute Gasteiger partial charge is 0.393 e. The van der Waals surface area contributed by atoms with Gasteiger partial charge in [0.05, 0.1) is 52.7 Å². The fourth-order valence-corrected chi connectivity index (χ4v) is 7.28. The second-order valence-electron chi connectivity index (χ2n) is 11.4. The maximum absolute atomic E-state index is 15.2. The standard InChI is InChI=1S/C31H36F6N3O4PS/c1-43-18-19(41)16-40-13-11-24(23(32)17-40)39-26-7-4-6-21-22(15-31(35,36)37)28(46-29(21)26)8-5-12-38-25-10-9-20(45(2,3)42)14-27(25)44-30(33)34/h4,6-7,9-10,14,19,23-24,30,38-39,41H,11-13,15-18H2,1-3H3. The molecule has 0 spiro atoms. The Bertz CT molecular complexity index is 1600. The van der Waals surface area contributed by atoms with E-state index >= 15 is 4.39 Å². The molecular weight excluding hydrogens is 655 g/mol. The lowest BCUT2D eigenvalue weighted by Crippen LogP contribution is -2.50. The Morgan fingerprint density at radius 3 is 2.61 bits per heavy atom. The van der Waals surface area contributed by atoms with Crippen LogP contribution in [-0.2, 0) is 15.7 Å². The molecule has 0 amide bonds. The molecule has 3 aromatic rings. The predicted octanol–water partition coefficient (Wildman–Crippen LogP) is 6.15. The Kier molecular flexibility index (Phi) is 11.9. The maximum atomic E-state index is 15.2. The Balaban J connectivity index is 1.55. The van der Waals surface area contributed by atoms with Crippen LogP contribution in [0.2, 0.25) is 0 Å². The molecule has 1 aromatic heterocycles. The summed E-state index contributed by atoms with van der Waals surface area (Å²) in [4.78, 5) is 1.99. The molecule has 0 saturated carbocycles. The first-order valence-electron chi connectivity index (χ1n) is 14.4. The second kappa shape index (κ2) is 15.3. The van der Waals surface area contributed by atoms with Gasteiger partial charge in [0.25, 0.3) is 0 Å². The van der Waals surface area contributed by atoms with E-state index in [0.29, 0.717) is 34.0 Å². The van der Waals surface area contributed by atoms with Crippen molar-refractivity contribution in [2.45, 2.75) is 43.9 Å². The molecule has 0 bridgehead atoms. The molecule has 15 heteroatoms. The predicted molar refractivity (Wildman–Crippen MR) is 170 cm³/mol. The quantitative estimate of drug-likeness (QED) is 0.120. The SMILES string of the molecule is COCC(O)CN1CCC(Nc2cccc3c(CC(F)(F)F)c(C#CCNc4ccc(P(C)(C)=O)cc4OC(F)F)sc23)C(F)C1. The number of anilines is 2. The Morgan fingerprint density at radius 2 is 1.96 bits per heavy atom. The number of rotatable bonds is 12. The molecule has 1 fully saturated rings. The minimum Gasteiger partial charge on any atom is -0.433 e. The van der Waals surface area contributed by atoms with Crippen molar-refractivity contribution in [3.8, 4) is 17.6 Å². The fourth-order valence-electron chi connectivity index (χ4n) is 5.25. The number of likely N-dealkylation sites (tertiary alicyclic amines) is 1. The number of aliphatic hydroxyl groups is 1. The number of alkyl halides is 6. The summed E-state index contributed by atoms with van der Waals surface area (Å²) in [5.74, 6) is 5.34. The number of β-amino-alcohol motifs (C(OH)–C–C–N with tert-alkyl or cyclic N) is 1. The average molecular weight is 692 g/mol. The summed E-state index contributed by atoms with van der Waals surface area (Å²) in [7, 11) is -1.29. The fraction of sp³-hybridized carbons (Fsp3) is 0.484. The Morgan fingerprint density at radius 1 is 1.20 bits per heavy atom. The summed E-state index contributed by atoms with van der Waals surface area (Å²) in [5.41, 5.74) is 0.649. The second-order valence-corrected chi connectivity index (χ2v) is 15.6. The van der Waals surface area contributed by atoms with Crippen molar-refractivity contribution < 1.29 is 45.5 Å². The number of nitrogens with one attached hydrogen (secondary N) is 2. The summed E-state index contributed by atoms with van der Waals surface area (Å²) >= 11 is 1.06. The van der Waals surface area contributed by atoms with Gasteiger partial charge in [0.15, 0.2) is 0 Å². The molecule has 1 aliphatic rings. The van der Waals surface area contributed by atoms with E-state index in [0.717, 1.165) is 11.3 Å². The number of piperidine rings is 1. The molecule has 1 aliphatic heterocycles. The number of hydrogen-bond acceptors (Lipinski definition) is 8. The van der Waals surface area contributed by atoms with Crippen LogP contribution in [0.5, 0.6) is 5.75 Å². The van der Waals surface area contributed by atoms with E-state index in [1.54, 1.807) is 18.2 Å². The first-order chi connectivity index (χ1) is 21.6. The van der Waals surface area contributed by atoms with Gasteiger partial charge in [-0.2, -0.15) is 22.0 Å². The van der Waals surface area contributed by atoms with Crippen LogP contribution in [0.4, 0.5) is 37.7 Å². The molecule has 1 saturated heterocycles. The molecule has 46 heavy (non-hydrogen) atoms. The molecule has 7 nitrogen and oxygen atoms in total. The van der Waals surface area contributed by atoms with Gasteiger partial charge < -0.3 is 29.8 Å². The molecule has 2 aromatic carbocycles. The van der Waals surface area contributed by atoms with Crippen LogP contribution in [0.3, 0.4) is 0 Å². The minimum absolute atomic E-state index is 0.00452. The van der Waals surface area contributed by atoms with Crippen LogP contribution in [0.25, 0.3) is 10.1 Å². The third-order valence-electron chi connectivity index (χ3n) is 7.36. The summed E-state index contributed by atoms with van der Waals surface area (Å²) in [5, 5.41) is 16.7. The number of benzene rings is 2. The van der Waals surface area contributed by atoms with Gasteiger partial charge in [0.2, 0.25) is 0 Å². The zero-order chi connectivity index (χ0) is 33.6. The van der Waals surface area contributed by atoms with Crippen molar-refractivity contribution in [1.29, 1.82) is 0 Å². The number of ether oxygens (including phenoxy) is 2. The lowest BCUT2D eigenvalue weighted by atomic mass is 10.0. The summed E-state index contributed by atoms with van der Waals surface area (Å²) in [6.45, 7) is 0.763. The highest BCUT2D eigenvalue weighted by molar-refractivity contribution is 7.70. The molecule has 0 radical (unpaired) electrons. The highest BCUT2D eigenvalue weighted by atomic mass is 32.1. The van der Waals surface area contributed by atoms with Crippen molar-refractivity contribution in [3.05, 3.63) is 46.8 Å².